The molecule has 25 heavy (non-hydrogen) atoms. The van der Waals surface area contributed by atoms with Crippen molar-refractivity contribution in [3.8, 4) is 5.75 Å². The minimum Gasteiger partial charge on any atom is -0.487 e. The van der Waals surface area contributed by atoms with Crippen LogP contribution in [0.4, 0.5) is 4.39 Å². The molecule has 1 aromatic carbocycles. The van der Waals surface area contributed by atoms with Crippen LogP contribution >= 0.6 is 0 Å². The molecule has 5 heteroatoms. The summed E-state index contributed by atoms with van der Waals surface area (Å²) in [6, 6.07) is 5.84. The summed E-state index contributed by atoms with van der Waals surface area (Å²) in [6.07, 6.45) is 7.14. The number of piperidine rings is 1. The molecule has 1 aliphatic carbocycles. The highest BCUT2D eigenvalue weighted by atomic mass is 19.1. The first-order chi connectivity index (χ1) is 12.2. The van der Waals surface area contributed by atoms with Crippen molar-refractivity contribution in [2.24, 2.45) is 4.99 Å². The predicted molar refractivity (Wildman–Crippen MR) is 94.9 cm³/mol. The van der Waals surface area contributed by atoms with Gasteiger partial charge in [-0.3, -0.25) is 9.79 Å². The maximum absolute atomic E-state index is 14.4. The fourth-order valence-electron chi connectivity index (χ4n) is 3.90. The normalized spacial score (nSPS) is 23.2. The van der Waals surface area contributed by atoms with Gasteiger partial charge in [0.15, 0.2) is 17.3 Å². The van der Waals surface area contributed by atoms with Crippen LogP contribution in [0.15, 0.2) is 23.2 Å². The fourth-order valence-corrected chi connectivity index (χ4v) is 3.90. The number of aliphatic imine (C=N–C) groups is 1. The topological polar surface area (TPSA) is 41.9 Å². The second-order valence-electron chi connectivity index (χ2n) is 7.38. The maximum atomic E-state index is 14.4. The van der Waals surface area contributed by atoms with E-state index in [0.29, 0.717) is 18.6 Å². The molecule has 134 valence electrons. The Bertz CT molecular complexity index is 676. The zero-order chi connectivity index (χ0) is 17.2. The zero-order valence-electron chi connectivity index (χ0n) is 14.5. The SMILES string of the molecule is O=C1CCC(c2ccc(OC3CCN(C4CCC4)CC3)c(F)c2)=NC1. The molecule has 0 amide bonds. The summed E-state index contributed by atoms with van der Waals surface area (Å²) in [5.41, 5.74) is 1.58. The fraction of sp³-hybridized carbons (Fsp3) is 0.600. The lowest BCUT2D eigenvalue weighted by molar-refractivity contribution is -0.117. The molecule has 0 N–H and O–H groups in total. The third-order valence-corrected chi connectivity index (χ3v) is 5.71. The highest BCUT2D eigenvalue weighted by molar-refractivity contribution is 6.05. The summed E-state index contributed by atoms with van der Waals surface area (Å²) in [6.45, 7) is 2.33. The van der Waals surface area contributed by atoms with Gasteiger partial charge in [-0.2, -0.15) is 0 Å². The van der Waals surface area contributed by atoms with E-state index in [1.165, 1.54) is 25.3 Å². The Morgan fingerprint density at radius 1 is 1.12 bits per heavy atom. The van der Waals surface area contributed by atoms with E-state index in [2.05, 4.69) is 9.89 Å². The van der Waals surface area contributed by atoms with E-state index >= 15 is 0 Å². The number of halogens is 1. The van der Waals surface area contributed by atoms with E-state index in [1.54, 1.807) is 6.07 Å². The van der Waals surface area contributed by atoms with Gasteiger partial charge in [-0.25, -0.2) is 4.39 Å². The van der Waals surface area contributed by atoms with Crippen LogP contribution in [-0.4, -0.2) is 48.2 Å². The average Bonchev–Trinajstić information content (AvgIpc) is 2.57. The lowest BCUT2D eigenvalue weighted by atomic mass is 9.90. The molecule has 3 aliphatic rings. The quantitative estimate of drug-likeness (QED) is 0.841. The van der Waals surface area contributed by atoms with Gasteiger partial charge >= 0.3 is 0 Å². The molecule has 2 aliphatic heterocycles. The average molecular weight is 344 g/mol. The largest absolute Gasteiger partial charge is 0.487 e. The molecule has 0 aromatic heterocycles. The number of benzene rings is 1. The van der Waals surface area contributed by atoms with E-state index in [9.17, 15) is 9.18 Å². The van der Waals surface area contributed by atoms with Crippen molar-refractivity contribution in [3.63, 3.8) is 0 Å². The first kappa shape index (κ1) is 16.7. The van der Waals surface area contributed by atoms with Gasteiger partial charge in [0, 0.05) is 31.3 Å². The number of carbonyl (C=O) groups excluding carboxylic acids is 1. The molecule has 0 spiro atoms. The lowest BCUT2D eigenvalue weighted by Crippen LogP contribution is -2.46. The van der Waals surface area contributed by atoms with Crippen molar-refractivity contribution in [1.29, 1.82) is 0 Å². The number of ketones is 1. The third kappa shape index (κ3) is 3.76. The Morgan fingerprint density at radius 3 is 2.52 bits per heavy atom. The number of nitrogens with zero attached hydrogens (tertiary/aromatic N) is 2. The van der Waals surface area contributed by atoms with E-state index in [4.69, 9.17) is 4.74 Å². The Kier molecular flexibility index (Phi) is 4.84. The number of ether oxygens (including phenoxy) is 1. The first-order valence-corrected chi connectivity index (χ1v) is 9.45. The second kappa shape index (κ2) is 7.24. The summed E-state index contributed by atoms with van der Waals surface area (Å²) < 4.78 is 20.4. The Balaban J connectivity index is 1.36. The van der Waals surface area contributed by atoms with Gasteiger partial charge in [-0.05, 0) is 55.9 Å². The number of carbonyl (C=O) groups is 1. The molecule has 0 unspecified atom stereocenters. The molecule has 1 aromatic rings. The monoisotopic (exact) mass is 344 g/mol. The number of hydrogen-bond acceptors (Lipinski definition) is 4. The number of rotatable bonds is 4. The van der Waals surface area contributed by atoms with Crippen molar-refractivity contribution >= 4 is 11.5 Å². The highest BCUT2D eigenvalue weighted by Crippen LogP contribution is 2.29. The summed E-state index contributed by atoms with van der Waals surface area (Å²) in [5.74, 6) is 0.147. The Labute approximate surface area is 148 Å². The second-order valence-corrected chi connectivity index (χ2v) is 7.38. The lowest BCUT2D eigenvalue weighted by Gasteiger charge is -2.41. The van der Waals surface area contributed by atoms with Gasteiger partial charge in [0.2, 0.25) is 0 Å². The van der Waals surface area contributed by atoms with Crippen molar-refractivity contribution in [2.45, 2.75) is 57.1 Å². The van der Waals surface area contributed by atoms with E-state index in [-0.39, 0.29) is 24.2 Å². The summed E-state index contributed by atoms with van der Waals surface area (Å²) in [5, 5.41) is 0. The molecule has 0 atom stereocenters. The van der Waals surface area contributed by atoms with Crippen LogP contribution in [0.5, 0.6) is 5.75 Å². The van der Waals surface area contributed by atoms with Crippen molar-refractivity contribution in [3.05, 3.63) is 29.6 Å². The highest BCUT2D eigenvalue weighted by Gasteiger charge is 2.29. The van der Waals surface area contributed by atoms with Crippen LogP contribution in [0.2, 0.25) is 0 Å². The van der Waals surface area contributed by atoms with Gasteiger partial charge < -0.3 is 9.64 Å². The van der Waals surface area contributed by atoms with Gasteiger partial charge in [0.25, 0.3) is 0 Å². The third-order valence-electron chi connectivity index (χ3n) is 5.71. The molecule has 1 saturated heterocycles. The molecular weight excluding hydrogens is 319 g/mol. The van der Waals surface area contributed by atoms with Crippen molar-refractivity contribution < 1.29 is 13.9 Å². The summed E-state index contributed by atoms with van der Waals surface area (Å²) in [4.78, 5) is 18.1. The predicted octanol–water partition coefficient (Wildman–Crippen LogP) is 3.37. The molecule has 0 bridgehead atoms. The number of Topliss-reactive ketones (excluding diaryl/α,β-unsaturated/α-hetero) is 1. The van der Waals surface area contributed by atoms with E-state index < -0.39 is 0 Å². The summed E-state index contributed by atoms with van der Waals surface area (Å²) in [7, 11) is 0. The Morgan fingerprint density at radius 2 is 1.92 bits per heavy atom. The van der Waals surface area contributed by atoms with Crippen LogP contribution < -0.4 is 4.74 Å². The molecule has 2 heterocycles. The Hall–Kier alpha value is -1.75. The van der Waals surface area contributed by atoms with Crippen molar-refractivity contribution in [1.82, 2.24) is 4.90 Å². The van der Waals surface area contributed by atoms with Crippen LogP contribution in [0, 0.1) is 5.82 Å². The molecule has 0 radical (unpaired) electrons. The zero-order valence-corrected chi connectivity index (χ0v) is 14.5. The molecule has 4 nitrogen and oxygen atoms in total. The molecule has 2 fully saturated rings. The van der Waals surface area contributed by atoms with Crippen molar-refractivity contribution in [2.75, 3.05) is 19.6 Å². The van der Waals surface area contributed by atoms with Crippen LogP contribution in [-0.2, 0) is 4.79 Å². The van der Waals surface area contributed by atoms with Gasteiger partial charge in [-0.1, -0.05) is 6.42 Å². The number of hydrogen-bond donors (Lipinski definition) is 0. The smallest absolute Gasteiger partial charge is 0.165 e. The minimum atomic E-state index is -0.335. The standard InChI is InChI=1S/C20H25FN2O2/c21-18-12-14(19-6-5-16(24)13-22-19)4-7-20(18)25-17-8-10-23(11-9-17)15-2-1-3-15/h4,7,12,15,17H,1-3,5-6,8-11,13H2. The van der Waals surface area contributed by atoms with Gasteiger partial charge in [0.1, 0.15) is 6.10 Å². The number of likely N-dealkylation sites (tertiary alicyclic amines) is 1. The molecule has 4 rings (SSSR count). The van der Waals surface area contributed by atoms with Crippen LogP contribution in [0.25, 0.3) is 0 Å². The maximum Gasteiger partial charge on any atom is 0.165 e. The summed E-state index contributed by atoms with van der Waals surface area (Å²) >= 11 is 0. The van der Waals surface area contributed by atoms with Crippen LogP contribution in [0.3, 0.4) is 0 Å². The molecule has 1 saturated carbocycles. The first-order valence-electron chi connectivity index (χ1n) is 9.45. The van der Waals surface area contributed by atoms with Gasteiger partial charge in [-0.15, -0.1) is 0 Å². The van der Waals surface area contributed by atoms with Crippen LogP contribution in [0.1, 0.15) is 50.5 Å². The molecular formula is C20H25FN2O2. The van der Waals surface area contributed by atoms with E-state index in [1.807, 2.05) is 6.07 Å². The van der Waals surface area contributed by atoms with E-state index in [0.717, 1.165) is 43.2 Å². The minimum absolute atomic E-state index is 0.0984. The van der Waals surface area contributed by atoms with Gasteiger partial charge in [0.05, 0.1) is 6.54 Å².